The summed E-state index contributed by atoms with van der Waals surface area (Å²) in [6, 6.07) is 5.62. The zero-order valence-corrected chi connectivity index (χ0v) is 8.36. The van der Waals surface area contributed by atoms with Crippen molar-refractivity contribution in [1.82, 2.24) is 0 Å². The molecule has 0 saturated carbocycles. The molecule has 0 aromatic carbocycles. The Morgan fingerprint density at radius 3 is 3.07 bits per heavy atom. The number of nitriles is 1. The van der Waals surface area contributed by atoms with Crippen LogP contribution in [0.15, 0.2) is 16.5 Å². The van der Waals surface area contributed by atoms with Crippen molar-refractivity contribution in [3.63, 3.8) is 0 Å². The Bertz CT molecular complexity index is 350. The van der Waals surface area contributed by atoms with Gasteiger partial charge in [0.05, 0.1) is 0 Å². The van der Waals surface area contributed by atoms with Gasteiger partial charge in [-0.2, -0.15) is 5.26 Å². The minimum absolute atomic E-state index is 0.401. The van der Waals surface area contributed by atoms with Crippen molar-refractivity contribution < 1.29 is 4.42 Å². The van der Waals surface area contributed by atoms with Gasteiger partial charge in [0, 0.05) is 19.2 Å². The van der Waals surface area contributed by atoms with E-state index in [2.05, 4.69) is 11.8 Å². The maximum atomic E-state index is 8.64. The van der Waals surface area contributed by atoms with Crippen molar-refractivity contribution in [2.24, 2.45) is 5.92 Å². The molecule has 3 nitrogen and oxygen atoms in total. The van der Waals surface area contributed by atoms with Gasteiger partial charge in [-0.1, -0.05) is 6.92 Å². The highest BCUT2D eigenvalue weighted by Gasteiger charge is 2.18. The fourth-order valence-electron chi connectivity index (χ4n) is 1.95. The lowest BCUT2D eigenvalue weighted by atomic mass is 10.0. The molecule has 1 aliphatic heterocycles. The molecule has 1 atom stereocenters. The molecule has 74 valence electrons. The molecule has 0 radical (unpaired) electrons. The molecule has 14 heavy (non-hydrogen) atoms. The largest absolute Gasteiger partial charge is 0.430 e. The molecule has 0 spiro atoms. The summed E-state index contributed by atoms with van der Waals surface area (Å²) in [5.74, 6) is 1.96. The first-order chi connectivity index (χ1) is 6.79. The van der Waals surface area contributed by atoms with Gasteiger partial charge < -0.3 is 9.32 Å². The number of piperidine rings is 1. The molecule has 0 aliphatic carbocycles. The molecular weight excluding hydrogens is 176 g/mol. The molecule has 1 unspecified atom stereocenters. The summed E-state index contributed by atoms with van der Waals surface area (Å²) in [5, 5.41) is 8.64. The molecule has 1 saturated heterocycles. The molecule has 1 aromatic heterocycles. The van der Waals surface area contributed by atoms with Crippen LogP contribution in [0.4, 0.5) is 5.88 Å². The molecule has 1 aliphatic rings. The Kier molecular flexibility index (Phi) is 2.45. The van der Waals surface area contributed by atoms with Gasteiger partial charge in [0.1, 0.15) is 6.07 Å². The molecule has 0 N–H and O–H groups in total. The maximum absolute atomic E-state index is 8.64. The summed E-state index contributed by atoms with van der Waals surface area (Å²) in [6.07, 6.45) is 2.51. The molecule has 0 amide bonds. The minimum Gasteiger partial charge on any atom is -0.430 e. The van der Waals surface area contributed by atoms with Crippen molar-refractivity contribution >= 4 is 5.88 Å². The van der Waals surface area contributed by atoms with Crippen LogP contribution in [0.3, 0.4) is 0 Å². The van der Waals surface area contributed by atoms with Crippen LogP contribution in [-0.4, -0.2) is 13.1 Å². The van der Waals surface area contributed by atoms with Crippen molar-refractivity contribution in [2.45, 2.75) is 19.8 Å². The second-order valence-electron chi connectivity index (χ2n) is 3.94. The first-order valence-electron chi connectivity index (χ1n) is 5.04. The number of rotatable bonds is 1. The van der Waals surface area contributed by atoms with E-state index in [1.165, 1.54) is 12.8 Å². The Morgan fingerprint density at radius 1 is 1.57 bits per heavy atom. The van der Waals surface area contributed by atoms with Gasteiger partial charge in [-0.15, -0.1) is 0 Å². The Balaban J connectivity index is 2.10. The van der Waals surface area contributed by atoms with E-state index in [-0.39, 0.29) is 0 Å². The van der Waals surface area contributed by atoms with E-state index in [0.29, 0.717) is 5.76 Å². The number of furan rings is 1. The normalized spacial score (nSPS) is 22.0. The molecule has 2 heterocycles. The van der Waals surface area contributed by atoms with Gasteiger partial charge in [0.15, 0.2) is 5.88 Å². The fourth-order valence-corrected chi connectivity index (χ4v) is 1.95. The Labute approximate surface area is 83.9 Å². The van der Waals surface area contributed by atoms with Crippen LogP contribution in [0.25, 0.3) is 0 Å². The number of hydrogen-bond donors (Lipinski definition) is 0. The third kappa shape index (κ3) is 1.74. The third-order valence-electron chi connectivity index (χ3n) is 2.67. The van der Waals surface area contributed by atoms with E-state index in [9.17, 15) is 0 Å². The lowest BCUT2D eigenvalue weighted by molar-refractivity contribution is 0.419. The molecule has 1 aromatic rings. The van der Waals surface area contributed by atoms with Crippen LogP contribution >= 0.6 is 0 Å². The second kappa shape index (κ2) is 3.75. The van der Waals surface area contributed by atoms with Crippen LogP contribution in [0, 0.1) is 17.2 Å². The highest BCUT2D eigenvalue weighted by molar-refractivity contribution is 5.39. The van der Waals surface area contributed by atoms with Gasteiger partial charge in [-0.3, -0.25) is 0 Å². The van der Waals surface area contributed by atoms with E-state index in [1.54, 1.807) is 6.07 Å². The third-order valence-corrected chi connectivity index (χ3v) is 2.67. The summed E-state index contributed by atoms with van der Waals surface area (Å²) in [6.45, 7) is 4.33. The van der Waals surface area contributed by atoms with Crippen molar-refractivity contribution in [1.29, 1.82) is 5.26 Å². The monoisotopic (exact) mass is 190 g/mol. The molecule has 3 heteroatoms. The van der Waals surface area contributed by atoms with Crippen LogP contribution in [0.5, 0.6) is 0 Å². The number of anilines is 1. The summed E-state index contributed by atoms with van der Waals surface area (Å²) < 4.78 is 5.39. The van der Waals surface area contributed by atoms with Gasteiger partial charge in [-0.05, 0) is 24.8 Å². The van der Waals surface area contributed by atoms with Gasteiger partial charge in [-0.25, -0.2) is 0 Å². The highest BCUT2D eigenvalue weighted by Crippen LogP contribution is 2.24. The average molecular weight is 190 g/mol. The maximum Gasteiger partial charge on any atom is 0.206 e. The van der Waals surface area contributed by atoms with E-state index in [0.717, 1.165) is 24.9 Å². The van der Waals surface area contributed by atoms with Crippen molar-refractivity contribution in [3.8, 4) is 6.07 Å². The highest BCUT2D eigenvalue weighted by atomic mass is 16.4. The SMILES string of the molecule is CC1CCCN(c2ccc(C#N)o2)C1. The van der Waals surface area contributed by atoms with E-state index < -0.39 is 0 Å². The smallest absolute Gasteiger partial charge is 0.206 e. The molecular formula is C11H14N2O. The van der Waals surface area contributed by atoms with Gasteiger partial charge in [0.2, 0.25) is 5.76 Å². The first-order valence-corrected chi connectivity index (χ1v) is 5.04. The van der Waals surface area contributed by atoms with Crippen LogP contribution in [0.2, 0.25) is 0 Å². The predicted molar refractivity (Wildman–Crippen MR) is 54.0 cm³/mol. The lowest BCUT2D eigenvalue weighted by Gasteiger charge is -2.30. The van der Waals surface area contributed by atoms with Crippen LogP contribution in [-0.2, 0) is 0 Å². The Morgan fingerprint density at radius 2 is 2.43 bits per heavy atom. The molecule has 1 fully saturated rings. The van der Waals surface area contributed by atoms with Crippen molar-refractivity contribution in [3.05, 3.63) is 17.9 Å². The van der Waals surface area contributed by atoms with E-state index in [1.807, 2.05) is 12.1 Å². The minimum atomic E-state index is 0.401. The fraction of sp³-hybridized carbons (Fsp3) is 0.545. The molecule has 2 rings (SSSR count). The van der Waals surface area contributed by atoms with Crippen molar-refractivity contribution in [2.75, 3.05) is 18.0 Å². The lowest BCUT2D eigenvalue weighted by Crippen LogP contribution is -2.33. The Hall–Kier alpha value is -1.43. The van der Waals surface area contributed by atoms with Crippen LogP contribution < -0.4 is 4.90 Å². The zero-order chi connectivity index (χ0) is 9.97. The number of nitrogens with zero attached hydrogens (tertiary/aromatic N) is 2. The standard InChI is InChI=1S/C11H14N2O/c1-9-3-2-6-13(8-9)11-5-4-10(7-12)14-11/h4-5,9H,2-3,6,8H2,1H3. The van der Waals surface area contributed by atoms with Crippen LogP contribution in [0.1, 0.15) is 25.5 Å². The molecule has 0 bridgehead atoms. The summed E-state index contributed by atoms with van der Waals surface area (Å²) in [4.78, 5) is 2.22. The second-order valence-corrected chi connectivity index (χ2v) is 3.94. The quantitative estimate of drug-likeness (QED) is 0.682. The number of hydrogen-bond acceptors (Lipinski definition) is 3. The summed E-state index contributed by atoms with van der Waals surface area (Å²) in [5.41, 5.74) is 0. The van der Waals surface area contributed by atoms with E-state index in [4.69, 9.17) is 9.68 Å². The van der Waals surface area contributed by atoms with Gasteiger partial charge >= 0.3 is 0 Å². The van der Waals surface area contributed by atoms with E-state index >= 15 is 0 Å². The summed E-state index contributed by atoms with van der Waals surface area (Å²) in [7, 11) is 0. The first kappa shape index (κ1) is 9.14. The average Bonchev–Trinajstić information content (AvgIpc) is 2.66. The topological polar surface area (TPSA) is 40.2 Å². The zero-order valence-electron chi connectivity index (χ0n) is 8.36. The predicted octanol–water partition coefficient (Wildman–Crippen LogP) is 2.39. The van der Waals surface area contributed by atoms with Gasteiger partial charge in [0.25, 0.3) is 0 Å². The summed E-state index contributed by atoms with van der Waals surface area (Å²) >= 11 is 0.